The summed E-state index contributed by atoms with van der Waals surface area (Å²) in [5, 5.41) is 0. The predicted octanol–water partition coefficient (Wildman–Crippen LogP) is 4.63. The molecule has 4 heteroatoms. The standard InChI is InChI=1S/C21H24N2OS/c1-6-23-18-11-14(3)10-16(5)20(18)25-21(23)22-19(24)12-17-8-7-13(2)9-15(17)4/h7-11H,6,12H2,1-5H3. The van der Waals surface area contributed by atoms with Gasteiger partial charge in [0.15, 0.2) is 4.80 Å². The fraction of sp³-hybridized carbons (Fsp3) is 0.333. The number of benzene rings is 2. The van der Waals surface area contributed by atoms with Crippen molar-refractivity contribution < 1.29 is 4.79 Å². The SMILES string of the molecule is CCn1c(=NC(=O)Cc2ccc(C)cc2C)sc2c(C)cc(C)cc21. The van der Waals surface area contributed by atoms with E-state index >= 15 is 0 Å². The van der Waals surface area contributed by atoms with Crippen LogP contribution in [-0.2, 0) is 17.8 Å². The minimum absolute atomic E-state index is 0.0879. The van der Waals surface area contributed by atoms with Crippen LogP contribution >= 0.6 is 11.3 Å². The molecule has 3 aromatic rings. The smallest absolute Gasteiger partial charge is 0.252 e. The summed E-state index contributed by atoms with van der Waals surface area (Å²) in [7, 11) is 0. The molecule has 1 heterocycles. The molecule has 0 N–H and O–H groups in total. The van der Waals surface area contributed by atoms with Gasteiger partial charge in [-0.2, -0.15) is 4.99 Å². The second-order valence-corrected chi connectivity index (χ2v) is 7.65. The van der Waals surface area contributed by atoms with Crippen molar-refractivity contribution in [2.24, 2.45) is 4.99 Å². The largest absolute Gasteiger partial charge is 0.317 e. The van der Waals surface area contributed by atoms with Crippen LogP contribution in [0.4, 0.5) is 0 Å². The monoisotopic (exact) mass is 352 g/mol. The number of rotatable bonds is 3. The first-order valence-corrected chi connectivity index (χ1v) is 9.45. The number of fused-ring (bicyclic) bond motifs is 1. The minimum atomic E-state index is -0.0879. The van der Waals surface area contributed by atoms with Crippen molar-refractivity contribution in [2.45, 2.75) is 47.6 Å². The van der Waals surface area contributed by atoms with Crippen LogP contribution in [0, 0.1) is 27.7 Å². The van der Waals surface area contributed by atoms with Gasteiger partial charge in [0, 0.05) is 6.54 Å². The fourth-order valence-corrected chi connectivity index (χ4v) is 4.42. The van der Waals surface area contributed by atoms with Gasteiger partial charge in [0.1, 0.15) is 0 Å². The molecule has 0 aliphatic heterocycles. The molecule has 0 aliphatic rings. The van der Waals surface area contributed by atoms with E-state index in [-0.39, 0.29) is 5.91 Å². The molecule has 0 saturated carbocycles. The second-order valence-electron chi connectivity index (χ2n) is 6.67. The number of carbonyl (C=O) groups excluding carboxylic acids is 1. The van der Waals surface area contributed by atoms with E-state index in [1.54, 1.807) is 11.3 Å². The predicted molar refractivity (Wildman–Crippen MR) is 105 cm³/mol. The summed E-state index contributed by atoms with van der Waals surface area (Å²) >= 11 is 1.60. The Morgan fingerprint density at radius 1 is 1.04 bits per heavy atom. The number of amides is 1. The number of aryl methyl sites for hydroxylation is 5. The van der Waals surface area contributed by atoms with Crippen LogP contribution in [0.25, 0.3) is 10.2 Å². The van der Waals surface area contributed by atoms with Crippen LogP contribution < -0.4 is 4.80 Å². The molecule has 0 fully saturated rings. The van der Waals surface area contributed by atoms with Crippen molar-refractivity contribution in [3.05, 3.63) is 63.0 Å². The van der Waals surface area contributed by atoms with Crippen LogP contribution in [0.2, 0.25) is 0 Å². The van der Waals surface area contributed by atoms with Gasteiger partial charge in [-0.05, 0) is 62.9 Å². The summed E-state index contributed by atoms with van der Waals surface area (Å²) in [6.45, 7) is 11.2. The number of hydrogen-bond acceptors (Lipinski definition) is 2. The normalized spacial score (nSPS) is 12.1. The molecular formula is C21H24N2OS. The molecule has 0 bridgehead atoms. The van der Waals surface area contributed by atoms with Crippen molar-refractivity contribution >= 4 is 27.5 Å². The number of aromatic nitrogens is 1. The lowest BCUT2D eigenvalue weighted by atomic mass is 10.0. The molecule has 2 aromatic carbocycles. The van der Waals surface area contributed by atoms with Crippen molar-refractivity contribution in [3.8, 4) is 0 Å². The first-order chi connectivity index (χ1) is 11.9. The number of nitrogens with zero attached hydrogens (tertiary/aromatic N) is 2. The third kappa shape index (κ3) is 3.59. The zero-order valence-electron chi connectivity index (χ0n) is 15.5. The van der Waals surface area contributed by atoms with Crippen molar-refractivity contribution in [3.63, 3.8) is 0 Å². The topological polar surface area (TPSA) is 34.4 Å². The van der Waals surface area contributed by atoms with Gasteiger partial charge in [0.25, 0.3) is 5.91 Å². The van der Waals surface area contributed by atoms with Gasteiger partial charge in [-0.3, -0.25) is 4.79 Å². The summed E-state index contributed by atoms with van der Waals surface area (Å²) in [4.78, 5) is 17.8. The van der Waals surface area contributed by atoms with Crippen LogP contribution in [0.5, 0.6) is 0 Å². The highest BCUT2D eigenvalue weighted by molar-refractivity contribution is 7.16. The van der Waals surface area contributed by atoms with Crippen LogP contribution in [0.1, 0.15) is 34.7 Å². The van der Waals surface area contributed by atoms with Crippen LogP contribution in [-0.4, -0.2) is 10.5 Å². The lowest BCUT2D eigenvalue weighted by molar-refractivity contribution is -0.117. The molecule has 0 atom stereocenters. The zero-order valence-corrected chi connectivity index (χ0v) is 16.3. The molecule has 25 heavy (non-hydrogen) atoms. The van der Waals surface area contributed by atoms with Gasteiger partial charge in [-0.15, -0.1) is 0 Å². The van der Waals surface area contributed by atoms with Crippen LogP contribution in [0.15, 0.2) is 35.3 Å². The highest BCUT2D eigenvalue weighted by atomic mass is 32.1. The van der Waals surface area contributed by atoms with Gasteiger partial charge in [0.05, 0.1) is 16.6 Å². The van der Waals surface area contributed by atoms with E-state index in [4.69, 9.17) is 0 Å². The van der Waals surface area contributed by atoms with E-state index < -0.39 is 0 Å². The van der Waals surface area contributed by atoms with E-state index in [1.165, 1.54) is 26.9 Å². The first kappa shape index (κ1) is 17.6. The third-order valence-corrected chi connectivity index (χ3v) is 5.72. The average Bonchev–Trinajstić information content (AvgIpc) is 2.87. The third-order valence-electron chi connectivity index (χ3n) is 4.49. The Balaban J connectivity index is 2.03. The number of hydrogen-bond donors (Lipinski definition) is 0. The average molecular weight is 353 g/mol. The van der Waals surface area contributed by atoms with Gasteiger partial charge < -0.3 is 4.57 Å². The summed E-state index contributed by atoms with van der Waals surface area (Å²) in [6, 6.07) is 10.5. The van der Waals surface area contributed by atoms with Gasteiger partial charge >= 0.3 is 0 Å². The maximum Gasteiger partial charge on any atom is 0.252 e. The maximum atomic E-state index is 12.5. The number of carbonyl (C=O) groups is 1. The quantitative estimate of drug-likeness (QED) is 0.677. The van der Waals surface area contributed by atoms with E-state index in [0.717, 1.165) is 22.5 Å². The Morgan fingerprint density at radius 3 is 2.44 bits per heavy atom. The van der Waals surface area contributed by atoms with E-state index in [0.29, 0.717) is 6.42 Å². The summed E-state index contributed by atoms with van der Waals surface area (Å²) < 4.78 is 3.35. The number of thiazole rings is 1. The molecule has 1 aromatic heterocycles. The Labute approximate surface area is 152 Å². The molecule has 0 saturated heterocycles. The van der Waals surface area contributed by atoms with E-state index in [9.17, 15) is 4.79 Å². The molecular weight excluding hydrogens is 328 g/mol. The zero-order chi connectivity index (χ0) is 18.1. The molecule has 0 radical (unpaired) electrons. The van der Waals surface area contributed by atoms with Crippen molar-refractivity contribution in [1.82, 2.24) is 4.57 Å². The molecule has 130 valence electrons. The first-order valence-electron chi connectivity index (χ1n) is 8.63. The fourth-order valence-electron chi connectivity index (χ4n) is 3.26. The van der Waals surface area contributed by atoms with Crippen molar-refractivity contribution in [1.29, 1.82) is 0 Å². The molecule has 3 nitrogen and oxygen atoms in total. The molecule has 1 amide bonds. The molecule has 0 spiro atoms. The molecule has 0 unspecified atom stereocenters. The van der Waals surface area contributed by atoms with Gasteiger partial charge in [-0.1, -0.05) is 41.2 Å². The highest BCUT2D eigenvalue weighted by Gasteiger charge is 2.10. The summed E-state index contributed by atoms with van der Waals surface area (Å²) in [5.74, 6) is -0.0879. The maximum absolute atomic E-state index is 12.5. The Hall–Kier alpha value is -2.20. The Morgan fingerprint density at radius 2 is 1.76 bits per heavy atom. The highest BCUT2D eigenvalue weighted by Crippen LogP contribution is 2.23. The van der Waals surface area contributed by atoms with Gasteiger partial charge in [-0.25, -0.2) is 0 Å². The molecule has 0 aliphatic carbocycles. The van der Waals surface area contributed by atoms with Crippen molar-refractivity contribution in [2.75, 3.05) is 0 Å². The van der Waals surface area contributed by atoms with Crippen LogP contribution in [0.3, 0.4) is 0 Å². The van der Waals surface area contributed by atoms with E-state index in [1.807, 2.05) is 19.1 Å². The second kappa shape index (κ2) is 6.96. The molecule has 3 rings (SSSR count). The lowest BCUT2D eigenvalue weighted by Crippen LogP contribution is -2.16. The Kier molecular flexibility index (Phi) is 4.91. The summed E-state index contributed by atoms with van der Waals surface area (Å²) in [6.07, 6.45) is 0.349. The minimum Gasteiger partial charge on any atom is -0.317 e. The lowest BCUT2D eigenvalue weighted by Gasteiger charge is -2.04. The Bertz CT molecular complexity index is 1020. The summed E-state index contributed by atoms with van der Waals surface area (Å²) in [5.41, 5.74) is 7.06. The van der Waals surface area contributed by atoms with Gasteiger partial charge in [0.2, 0.25) is 0 Å². The van der Waals surface area contributed by atoms with E-state index in [2.05, 4.69) is 55.5 Å².